The number of likely N-dealkylation sites (tertiary alicyclic amines) is 1. The molecule has 1 unspecified atom stereocenters. The molecule has 3 heteroatoms. The van der Waals surface area contributed by atoms with Crippen molar-refractivity contribution in [3.05, 3.63) is 34.9 Å². The zero-order valence-electron chi connectivity index (χ0n) is 12.8. The van der Waals surface area contributed by atoms with Crippen LogP contribution in [0.1, 0.15) is 34.3 Å². The number of hydrogen-bond acceptors (Lipinski definition) is 3. The number of ketones is 1. The zero-order valence-corrected chi connectivity index (χ0v) is 12.8. The second-order valence-electron chi connectivity index (χ2n) is 5.92. The quantitative estimate of drug-likeness (QED) is 0.774. The number of piperidine rings is 1. The van der Waals surface area contributed by atoms with E-state index in [1.165, 1.54) is 17.5 Å². The molecule has 0 bridgehead atoms. The van der Waals surface area contributed by atoms with Gasteiger partial charge in [0.2, 0.25) is 0 Å². The van der Waals surface area contributed by atoms with Crippen molar-refractivity contribution in [1.29, 1.82) is 0 Å². The third-order valence-electron chi connectivity index (χ3n) is 4.20. The standard InChI is InChI=1S/C17H25NO2/c1-13-6-7-16(9-14(13)2)17(19)11-18-8-4-5-15(10-18)12-20-3/h6-7,9,15H,4-5,8,10-12H2,1-3H3. The summed E-state index contributed by atoms with van der Waals surface area (Å²) in [5, 5.41) is 0. The number of hydrogen-bond donors (Lipinski definition) is 0. The lowest BCUT2D eigenvalue weighted by Gasteiger charge is -2.31. The van der Waals surface area contributed by atoms with E-state index in [0.717, 1.165) is 31.7 Å². The van der Waals surface area contributed by atoms with Gasteiger partial charge >= 0.3 is 0 Å². The van der Waals surface area contributed by atoms with Gasteiger partial charge in [-0.25, -0.2) is 0 Å². The van der Waals surface area contributed by atoms with Crippen LogP contribution in [-0.4, -0.2) is 44.0 Å². The maximum atomic E-state index is 12.4. The lowest BCUT2D eigenvalue weighted by atomic mass is 9.98. The molecule has 0 aliphatic carbocycles. The summed E-state index contributed by atoms with van der Waals surface area (Å²) < 4.78 is 5.24. The van der Waals surface area contributed by atoms with Gasteiger partial charge in [-0.2, -0.15) is 0 Å². The highest BCUT2D eigenvalue weighted by Gasteiger charge is 2.21. The molecule has 1 atom stereocenters. The molecule has 2 rings (SSSR count). The summed E-state index contributed by atoms with van der Waals surface area (Å²) in [5.41, 5.74) is 3.26. The van der Waals surface area contributed by atoms with E-state index in [2.05, 4.69) is 18.7 Å². The number of carbonyl (C=O) groups excluding carboxylic acids is 1. The van der Waals surface area contributed by atoms with E-state index in [-0.39, 0.29) is 5.78 Å². The van der Waals surface area contributed by atoms with Crippen molar-refractivity contribution in [2.45, 2.75) is 26.7 Å². The lowest BCUT2D eigenvalue weighted by Crippen LogP contribution is -2.40. The van der Waals surface area contributed by atoms with Gasteiger partial charge in [-0.05, 0) is 56.3 Å². The molecule has 1 saturated heterocycles. The topological polar surface area (TPSA) is 29.5 Å². The van der Waals surface area contributed by atoms with E-state index in [9.17, 15) is 4.79 Å². The van der Waals surface area contributed by atoms with E-state index in [1.807, 2.05) is 18.2 Å². The summed E-state index contributed by atoms with van der Waals surface area (Å²) in [7, 11) is 1.75. The predicted octanol–water partition coefficient (Wildman–Crippen LogP) is 2.84. The predicted molar refractivity (Wildman–Crippen MR) is 81.3 cm³/mol. The minimum absolute atomic E-state index is 0.228. The summed E-state index contributed by atoms with van der Waals surface area (Å²) in [6.45, 7) is 7.46. The Labute approximate surface area is 121 Å². The molecular weight excluding hydrogens is 250 g/mol. The van der Waals surface area contributed by atoms with Crippen LogP contribution < -0.4 is 0 Å². The number of rotatable bonds is 5. The molecule has 110 valence electrons. The van der Waals surface area contributed by atoms with Gasteiger partial charge in [0.15, 0.2) is 5.78 Å². The fraction of sp³-hybridized carbons (Fsp3) is 0.588. The number of nitrogens with zero attached hydrogens (tertiary/aromatic N) is 1. The van der Waals surface area contributed by atoms with Crippen LogP contribution in [-0.2, 0) is 4.74 Å². The second kappa shape index (κ2) is 7.00. The van der Waals surface area contributed by atoms with E-state index in [4.69, 9.17) is 4.74 Å². The molecule has 1 heterocycles. The molecule has 1 fully saturated rings. The number of ether oxygens (including phenoxy) is 1. The first-order chi connectivity index (χ1) is 9.60. The first kappa shape index (κ1) is 15.2. The van der Waals surface area contributed by atoms with Gasteiger partial charge in [-0.1, -0.05) is 12.1 Å². The lowest BCUT2D eigenvalue weighted by molar-refractivity contribution is 0.0758. The number of carbonyl (C=O) groups is 1. The molecule has 0 amide bonds. The first-order valence-corrected chi connectivity index (χ1v) is 7.42. The Bertz CT molecular complexity index is 468. The molecule has 0 saturated carbocycles. The van der Waals surface area contributed by atoms with Gasteiger partial charge in [0.1, 0.15) is 0 Å². The van der Waals surface area contributed by atoms with Crippen LogP contribution in [0.3, 0.4) is 0 Å². The molecule has 1 aliphatic heterocycles. The van der Waals surface area contributed by atoms with Gasteiger partial charge in [0.05, 0.1) is 13.2 Å². The third kappa shape index (κ3) is 3.90. The largest absolute Gasteiger partial charge is 0.384 e. The minimum Gasteiger partial charge on any atom is -0.384 e. The second-order valence-corrected chi connectivity index (χ2v) is 5.92. The van der Waals surface area contributed by atoms with Crippen molar-refractivity contribution in [2.24, 2.45) is 5.92 Å². The Morgan fingerprint density at radius 1 is 1.35 bits per heavy atom. The maximum Gasteiger partial charge on any atom is 0.176 e. The summed E-state index contributed by atoms with van der Waals surface area (Å²) in [5.74, 6) is 0.799. The van der Waals surface area contributed by atoms with E-state index in [0.29, 0.717) is 12.5 Å². The zero-order chi connectivity index (χ0) is 14.5. The van der Waals surface area contributed by atoms with Crippen LogP contribution in [0.15, 0.2) is 18.2 Å². The summed E-state index contributed by atoms with van der Waals surface area (Å²) in [4.78, 5) is 14.6. The summed E-state index contributed by atoms with van der Waals surface area (Å²) >= 11 is 0. The van der Waals surface area contributed by atoms with Crippen molar-refractivity contribution < 1.29 is 9.53 Å². The average Bonchev–Trinajstić information content (AvgIpc) is 2.42. The Kier molecular flexibility index (Phi) is 5.32. The SMILES string of the molecule is COCC1CCCN(CC(=O)c2ccc(C)c(C)c2)C1. The fourth-order valence-corrected chi connectivity index (χ4v) is 2.88. The molecule has 3 nitrogen and oxygen atoms in total. The number of aryl methyl sites for hydroxylation is 2. The van der Waals surface area contributed by atoms with E-state index < -0.39 is 0 Å². The van der Waals surface area contributed by atoms with Crippen molar-refractivity contribution in [2.75, 3.05) is 33.4 Å². The smallest absolute Gasteiger partial charge is 0.176 e. The number of methoxy groups -OCH3 is 1. The van der Waals surface area contributed by atoms with Gasteiger partial charge in [-0.15, -0.1) is 0 Å². The van der Waals surface area contributed by atoms with Crippen molar-refractivity contribution in [3.8, 4) is 0 Å². The molecule has 0 N–H and O–H groups in total. The molecular formula is C17H25NO2. The fourth-order valence-electron chi connectivity index (χ4n) is 2.88. The number of Topliss-reactive ketones (excluding diaryl/α,β-unsaturated/α-hetero) is 1. The van der Waals surface area contributed by atoms with Gasteiger partial charge in [0, 0.05) is 19.2 Å². The maximum absolute atomic E-state index is 12.4. The minimum atomic E-state index is 0.228. The first-order valence-electron chi connectivity index (χ1n) is 7.42. The monoisotopic (exact) mass is 275 g/mol. The molecule has 0 spiro atoms. The Morgan fingerprint density at radius 3 is 2.85 bits per heavy atom. The average molecular weight is 275 g/mol. The third-order valence-corrected chi connectivity index (χ3v) is 4.20. The molecule has 1 aromatic rings. The van der Waals surface area contributed by atoms with Gasteiger partial charge in [-0.3, -0.25) is 9.69 Å². The van der Waals surface area contributed by atoms with Crippen LogP contribution >= 0.6 is 0 Å². The van der Waals surface area contributed by atoms with Crippen molar-refractivity contribution in [3.63, 3.8) is 0 Å². The summed E-state index contributed by atoms with van der Waals surface area (Å²) in [6.07, 6.45) is 2.37. The highest BCUT2D eigenvalue weighted by molar-refractivity contribution is 5.97. The summed E-state index contributed by atoms with van der Waals surface area (Å²) in [6, 6.07) is 5.99. The van der Waals surface area contributed by atoms with Crippen LogP contribution in [0.4, 0.5) is 0 Å². The Morgan fingerprint density at radius 2 is 2.15 bits per heavy atom. The van der Waals surface area contributed by atoms with Crippen LogP contribution in [0.5, 0.6) is 0 Å². The van der Waals surface area contributed by atoms with E-state index >= 15 is 0 Å². The molecule has 20 heavy (non-hydrogen) atoms. The molecule has 0 aromatic heterocycles. The highest BCUT2D eigenvalue weighted by Crippen LogP contribution is 2.17. The van der Waals surface area contributed by atoms with Gasteiger partial charge in [0.25, 0.3) is 0 Å². The Hall–Kier alpha value is -1.19. The Balaban J connectivity index is 1.95. The molecule has 1 aromatic carbocycles. The van der Waals surface area contributed by atoms with Crippen LogP contribution in [0.25, 0.3) is 0 Å². The normalized spacial score (nSPS) is 20.1. The van der Waals surface area contributed by atoms with Crippen molar-refractivity contribution >= 4 is 5.78 Å². The number of benzene rings is 1. The molecule has 1 aliphatic rings. The van der Waals surface area contributed by atoms with Crippen LogP contribution in [0, 0.1) is 19.8 Å². The van der Waals surface area contributed by atoms with Crippen molar-refractivity contribution in [1.82, 2.24) is 4.90 Å². The van der Waals surface area contributed by atoms with E-state index in [1.54, 1.807) is 7.11 Å². The highest BCUT2D eigenvalue weighted by atomic mass is 16.5. The van der Waals surface area contributed by atoms with Crippen LogP contribution in [0.2, 0.25) is 0 Å². The molecule has 0 radical (unpaired) electrons. The van der Waals surface area contributed by atoms with Gasteiger partial charge < -0.3 is 4.74 Å².